The Hall–Kier alpha value is -1.30. The van der Waals surface area contributed by atoms with E-state index in [1.165, 1.54) is 12.8 Å². The highest BCUT2D eigenvalue weighted by atomic mass is 16.5. The lowest BCUT2D eigenvalue weighted by Crippen LogP contribution is -2.62. The fourth-order valence-corrected chi connectivity index (χ4v) is 4.24. The zero-order valence-corrected chi connectivity index (χ0v) is 14.9. The van der Waals surface area contributed by atoms with Gasteiger partial charge in [0.15, 0.2) is 0 Å². The number of hydrogen-bond donors (Lipinski definition) is 2. The minimum absolute atomic E-state index is 0.310. The van der Waals surface area contributed by atoms with Crippen LogP contribution in [0.4, 0.5) is 0 Å². The van der Waals surface area contributed by atoms with Crippen LogP contribution in [-0.4, -0.2) is 55.5 Å². The number of benzene rings is 1. The van der Waals surface area contributed by atoms with E-state index in [2.05, 4.69) is 10.2 Å². The van der Waals surface area contributed by atoms with Crippen LogP contribution in [0.2, 0.25) is 0 Å². The Kier molecular flexibility index (Phi) is 5.64. The summed E-state index contributed by atoms with van der Waals surface area (Å²) in [5, 5.41) is 14.7. The molecule has 3 rings (SSSR count). The summed E-state index contributed by atoms with van der Waals surface area (Å²) in [6.45, 7) is 3.59. The number of hydrogen-bond acceptors (Lipinski definition) is 5. The SMILES string of the molecule is COc1ccc(CNC[C@]2(O)CCCN3CCCC[C@@H]32)c(OC)c1. The third-order valence-electron chi connectivity index (χ3n) is 5.53. The van der Waals surface area contributed by atoms with Gasteiger partial charge in [-0.3, -0.25) is 4.90 Å². The number of nitrogens with zero attached hydrogens (tertiary/aromatic N) is 1. The zero-order chi connectivity index (χ0) is 17.0. The number of aliphatic hydroxyl groups is 1. The average molecular weight is 334 g/mol. The van der Waals surface area contributed by atoms with Crippen LogP contribution in [0.5, 0.6) is 11.5 Å². The average Bonchev–Trinajstić information content (AvgIpc) is 2.62. The standard InChI is InChI=1S/C19H30N2O3/c1-23-16-8-7-15(17(12-16)24-2)13-20-14-19(22)9-5-11-21-10-4-3-6-18(19)21/h7-8,12,18,20,22H,3-6,9-11,13-14H2,1-2H3/t18-,19-/m1/s1. The van der Waals surface area contributed by atoms with E-state index in [4.69, 9.17) is 9.47 Å². The van der Waals surface area contributed by atoms with Crippen LogP contribution in [0.15, 0.2) is 18.2 Å². The smallest absolute Gasteiger partial charge is 0.127 e. The van der Waals surface area contributed by atoms with Crippen LogP contribution >= 0.6 is 0 Å². The van der Waals surface area contributed by atoms with E-state index in [0.29, 0.717) is 19.1 Å². The largest absolute Gasteiger partial charge is 0.497 e. The number of methoxy groups -OCH3 is 2. The Bertz CT molecular complexity index is 549. The van der Waals surface area contributed by atoms with E-state index >= 15 is 0 Å². The van der Waals surface area contributed by atoms with Crippen LogP contribution in [0.1, 0.15) is 37.7 Å². The first-order valence-corrected chi connectivity index (χ1v) is 9.04. The highest BCUT2D eigenvalue weighted by molar-refractivity contribution is 5.40. The van der Waals surface area contributed by atoms with Gasteiger partial charge in [-0.15, -0.1) is 0 Å². The van der Waals surface area contributed by atoms with Crippen molar-refractivity contribution in [3.05, 3.63) is 23.8 Å². The van der Waals surface area contributed by atoms with Gasteiger partial charge in [0.25, 0.3) is 0 Å². The van der Waals surface area contributed by atoms with E-state index in [9.17, 15) is 5.11 Å². The van der Waals surface area contributed by atoms with Gasteiger partial charge < -0.3 is 19.9 Å². The number of fused-ring (bicyclic) bond motifs is 1. The first-order chi connectivity index (χ1) is 11.7. The third-order valence-corrected chi connectivity index (χ3v) is 5.53. The molecule has 134 valence electrons. The van der Waals surface area contributed by atoms with Crippen molar-refractivity contribution in [2.75, 3.05) is 33.9 Å². The van der Waals surface area contributed by atoms with Crippen molar-refractivity contribution in [2.45, 2.75) is 50.3 Å². The summed E-state index contributed by atoms with van der Waals surface area (Å²) in [6.07, 6.45) is 5.59. The lowest BCUT2D eigenvalue weighted by Gasteiger charge is -2.49. The molecule has 0 aromatic heterocycles. The molecule has 1 aromatic rings. The van der Waals surface area contributed by atoms with Gasteiger partial charge >= 0.3 is 0 Å². The minimum atomic E-state index is -0.613. The molecule has 0 bridgehead atoms. The second-order valence-electron chi connectivity index (χ2n) is 7.04. The predicted molar refractivity (Wildman–Crippen MR) is 94.6 cm³/mol. The first kappa shape index (κ1) is 17.5. The Morgan fingerprint density at radius 3 is 2.83 bits per heavy atom. The van der Waals surface area contributed by atoms with Crippen LogP contribution in [0.3, 0.4) is 0 Å². The summed E-state index contributed by atoms with van der Waals surface area (Å²) >= 11 is 0. The third kappa shape index (κ3) is 3.68. The Morgan fingerprint density at radius 1 is 1.21 bits per heavy atom. The second-order valence-corrected chi connectivity index (χ2v) is 7.04. The van der Waals surface area contributed by atoms with Crippen molar-refractivity contribution in [3.8, 4) is 11.5 Å². The number of piperidine rings is 2. The lowest BCUT2D eigenvalue weighted by molar-refractivity contribution is -0.0919. The number of rotatable bonds is 6. The van der Waals surface area contributed by atoms with E-state index in [1.807, 2.05) is 18.2 Å². The molecule has 0 spiro atoms. The normalized spacial score (nSPS) is 27.5. The summed E-state index contributed by atoms with van der Waals surface area (Å²) in [5.41, 5.74) is 0.469. The number of nitrogens with one attached hydrogen (secondary N) is 1. The molecule has 5 heteroatoms. The van der Waals surface area contributed by atoms with Crippen LogP contribution in [0, 0.1) is 0 Å². The van der Waals surface area contributed by atoms with Gasteiger partial charge in [-0.05, 0) is 44.8 Å². The second kappa shape index (κ2) is 7.72. The van der Waals surface area contributed by atoms with Gasteiger partial charge in [0.05, 0.1) is 19.8 Å². The summed E-state index contributed by atoms with van der Waals surface area (Å²) in [5.74, 6) is 1.61. The molecular weight excluding hydrogens is 304 g/mol. The van der Waals surface area contributed by atoms with Gasteiger partial charge in [0, 0.05) is 30.8 Å². The molecule has 0 saturated carbocycles. The molecule has 2 aliphatic heterocycles. The van der Waals surface area contributed by atoms with E-state index in [1.54, 1.807) is 14.2 Å². The number of ether oxygens (including phenoxy) is 2. The highest BCUT2D eigenvalue weighted by Gasteiger charge is 2.43. The molecule has 0 radical (unpaired) electrons. The van der Waals surface area contributed by atoms with Gasteiger partial charge in [0.1, 0.15) is 11.5 Å². The summed E-state index contributed by atoms with van der Waals surface area (Å²) in [6, 6.07) is 6.17. The van der Waals surface area contributed by atoms with Crippen molar-refractivity contribution >= 4 is 0 Å². The van der Waals surface area contributed by atoms with Crippen LogP contribution in [0.25, 0.3) is 0 Å². The topological polar surface area (TPSA) is 54.0 Å². The molecule has 2 aliphatic rings. The summed E-state index contributed by atoms with van der Waals surface area (Å²) < 4.78 is 10.7. The summed E-state index contributed by atoms with van der Waals surface area (Å²) in [4.78, 5) is 2.49. The minimum Gasteiger partial charge on any atom is -0.497 e. The van der Waals surface area contributed by atoms with E-state index in [0.717, 1.165) is 49.4 Å². The molecule has 2 atom stereocenters. The van der Waals surface area contributed by atoms with Crippen molar-refractivity contribution in [1.82, 2.24) is 10.2 Å². The van der Waals surface area contributed by atoms with Gasteiger partial charge in [0.2, 0.25) is 0 Å². The molecule has 0 unspecified atom stereocenters. The van der Waals surface area contributed by atoms with E-state index in [-0.39, 0.29) is 0 Å². The molecule has 5 nitrogen and oxygen atoms in total. The zero-order valence-electron chi connectivity index (χ0n) is 14.9. The van der Waals surface area contributed by atoms with Gasteiger partial charge in [-0.25, -0.2) is 0 Å². The molecular formula is C19H30N2O3. The fourth-order valence-electron chi connectivity index (χ4n) is 4.24. The van der Waals surface area contributed by atoms with Gasteiger partial charge in [-0.2, -0.15) is 0 Å². The molecule has 0 amide bonds. The highest BCUT2D eigenvalue weighted by Crippen LogP contribution is 2.34. The lowest BCUT2D eigenvalue weighted by atomic mass is 9.79. The van der Waals surface area contributed by atoms with Crippen molar-refractivity contribution < 1.29 is 14.6 Å². The monoisotopic (exact) mass is 334 g/mol. The quantitative estimate of drug-likeness (QED) is 0.835. The van der Waals surface area contributed by atoms with Crippen molar-refractivity contribution in [1.29, 1.82) is 0 Å². The molecule has 2 saturated heterocycles. The molecule has 1 aromatic carbocycles. The van der Waals surface area contributed by atoms with E-state index < -0.39 is 5.60 Å². The van der Waals surface area contributed by atoms with Gasteiger partial charge in [-0.1, -0.05) is 12.5 Å². The molecule has 2 fully saturated rings. The van der Waals surface area contributed by atoms with Crippen molar-refractivity contribution in [3.63, 3.8) is 0 Å². The summed E-state index contributed by atoms with van der Waals surface area (Å²) in [7, 11) is 3.33. The maximum atomic E-state index is 11.2. The Balaban J connectivity index is 1.61. The molecule has 24 heavy (non-hydrogen) atoms. The maximum absolute atomic E-state index is 11.2. The van der Waals surface area contributed by atoms with Crippen molar-refractivity contribution in [2.24, 2.45) is 0 Å². The molecule has 0 aliphatic carbocycles. The predicted octanol–water partition coefficient (Wildman–Crippen LogP) is 2.17. The molecule has 2 heterocycles. The fraction of sp³-hybridized carbons (Fsp3) is 0.684. The van der Waals surface area contributed by atoms with Crippen LogP contribution < -0.4 is 14.8 Å². The Labute approximate surface area is 144 Å². The first-order valence-electron chi connectivity index (χ1n) is 9.04. The van der Waals surface area contributed by atoms with Crippen LogP contribution in [-0.2, 0) is 6.54 Å². The maximum Gasteiger partial charge on any atom is 0.127 e. The molecule has 2 N–H and O–H groups in total. The Morgan fingerprint density at radius 2 is 2.04 bits per heavy atom.